The molecule has 1 unspecified atom stereocenters. The molecule has 2 aromatic carbocycles. The summed E-state index contributed by atoms with van der Waals surface area (Å²) in [5.41, 5.74) is 0.990. The molecule has 1 aliphatic rings. The number of rotatable bonds is 11. The van der Waals surface area contributed by atoms with Crippen molar-refractivity contribution < 1.29 is 27.1 Å². The zero-order valence-electron chi connectivity index (χ0n) is 20.5. The lowest BCUT2D eigenvalue weighted by Crippen LogP contribution is -2.34. The van der Waals surface area contributed by atoms with Crippen LogP contribution in [-0.4, -0.2) is 61.7 Å². The van der Waals surface area contributed by atoms with Gasteiger partial charge in [-0.2, -0.15) is 0 Å². The standard InChI is InChI=1S/C26H29ClFN3O5S/c1-35-13-11-30(25(32)19-7-4-8-21(27)14-19)16-22-15-29-26(31(22)17-23-9-5-12-36-23)37(33,34)18-20-6-2-3-10-24(20)28/h2-4,6-8,10,14-15,23H,5,9,11-13,16-18H2,1H3. The summed E-state index contributed by atoms with van der Waals surface area (Å²) in [5.74, 6) is -1.40. The van der Waals surface area contributed by atoms with Gasteiger partial charge in [-0.3, -0.25) is 4.79 Å². The number of ether oxygens (including phenoxy) is 2. The van der Waals surface area contributed by atoms with Crippen molar-refractivity contribution in [1.29, 1.82) is 0 Å². The predicted octanol–water partition coefficient (Wildman–Crippen LogP) is 4.12. The lowest BCUT2D eigenvalue weighted by Gasteiger charge is -2.24. The number of sulfone groups is 1. The summed E-state index contributed by atoms with van der Waals surface area (Å²) in [6.45, 7) is 1.49. The molecule has 198 valence electrons. The maximum atomic E-state index is 14.3. The third-order valence-electron chi connectivity index (χ3n) is 6.17. The Morgan fingerprint density at radius 1 is 1.27 bits per heavy atom. The van der Waals surface area contributed by atoms with Crippen molar-refractivity contribution in [3.63, 3.8) is 0 Å². The van der Waals surface area contributed by atoms with E-state index in [4.69, 9.17) is 21.1 Å². The summed E-state index contributed by atoms with van der Waals surface area (Å²) in [6, 6.07) is 12.4. The van der Waals surface area contributed by atoms with Gasteiger partial charge in [0.2, 0.25) is 15.0 Å². The Labute approximate surface area is 220 Å². The Bertz CT molecular complexity index is 1340. The molecular weight excluding hydrogens is 521 g/mol. The van der Waals surface area contributed by atoms with Gasteiger partial charge in [0.1, 0.15) is 5.82 Å². The number of hydrogen-bond acceptors (Lipinski definition) is 6. The van der Waals surface area contributed by atoms with Gasteiger partial charge in [-0.1, -0.05) is 35.9 Å². The van der Waals surface area contributed by atoms with E-state index in [-0.39, 0.29) is 49.0 Å². The molecule has 1 atom stereocenters. The van der Waals surface area contributed by atoms with Crippen LogP contribution in [0.4, 0.5) is 4.39 Å². The third kappa shape index (κ3) is 6.75. The maximum absolute atomic E-state index is 14.3. The Hall–Kier alpha value is -2.79. The van der Waals surface area contributed by atoms with Gasteiger partial charge >= 0.3 is 0 Å². The molecule has 1 aromatic heterocycles. The molecule has 0 saturated carbocycles. The molecule has 1 amide bonds. The van der Waals surface area contributed by atoms with E-state index < -0.39 is 21.4 Å². The Morgan fingerprint density at radius 2 is 2.08 bits per heavy atom. The van der Waals surface area contributed by atoms with E-state index in [1.807, 2.05) is 0 Å². The molecule has 0 N–H and O–H groups in total. The summed E-state index contributed by atoms with van der Waals surface area (Å²) in [4.78, 5) is 19.1. The van der Waals surface area contributed by atoms with Crippen molar-refractivity contribution in [3.05, 3.63) is 82.4 Å². The number of carbonyl (C=O) groups is 1. The van der Waals surface area contributed by atoms with Crippen LogP contribution in [0.1, 0.15) is 34.5 Å². The van der Waals surface area contributed by atoms with Crippen molar-refractivity contribution in [2.75, 3.05) is 26.9 Å². The minimum atomic E-state index is -4.01. The largest absolute Gasteiger partial charge is 0.383 e. The minimum Gasteiger partial charge on any atom is -0.383 e. The van der Waals surface area contributed by atoms with E-state index in [1.54, 1.807) is 39.8 Å². The van der Waals surface area contributed by atoms with Crippen LogP contribution >= 0.6 is 11.6 Å². The van der Waals surface area contributed by atoms with Crippen LogP contribution in [0.3, 0.4) is 0 Å². The fourth-order valence-electron chi connectivity index (χ4n) is 4.29. The Balaban J connectivity index is 1.68. The fraction of sp³-hybridized carbons (Fsp3) is 0.385. The third-order valence-corrected chi connectivity index (χ3v) is 7.98. The second kappa shape index (κ2) is 12.2. The average Bonchev–Trinajstić information content (AvgIpc) is 3.53. The van der Waals surface area contributed by atoms with E-state index in [0.29, 0.717) is 22.9 Å². The zero-order valence-corrected chi connectivity index (χ0v) is 22.0. The quantitative estimate of drug-likeness (QED) is 0.357. The van der Waals surface area contributed by atoms with Gasteiger partial charge in [0, 0.05) is 36.4 Å². The van der Waals surface area contributed by atoms with E-state index in [1.165, 1.54) is 31.5 Å². The summed E-state index contributed by atoms with van der Waals surface area (Å²) in [5, 5.41) is 0.255. The zero-order chi connectivity index (χ0) is 26.4. The second-order valence-corrected chi connectivity index (χ2v) is 11.2. The molecule has 2 heterocycles. The lowest BCUT2D eigenvalue weighted by molar-refractivity contribution is 0.0668. The highest BCUT2D eigenvalue weighted by atomic mass is 35.5. The molecule has 0 bridgehead atoms. The first-order chi connectivity index (χ1) is 17.8. The summed E-state index contributed by atoms with van der Waals surface area (Å²) in [7, 11) is -2.47. The molecule has 1 saturated heterocycles. The topological polar surface area (TPSA) is 90.7 Å². The van der Waals surface area contributed by atoms with Crippen LogP contribution in [0.5, 0.6) is 0 Å². The number of aromatic nitrogens is 2. The monoisotopic (exact) mass is 549 g/mol. The van der Waals surface area contributed by atoms with Gasteiger partial charge in [-0.15, -0.1) is 0 Å². The number of benzene rings is 2. The Kier molecular flexibility index (Phi) is 8.96. The number of hydrogen-bond donors (Lipinski definition) is 0. The van der Waals surface area contributed by atoms with Crippen LogP contribution in [0.25, 0.3) is 0 Å². The smallest absolute Gasteiger partial charge is 0.254 e. The molecule has 8 nitrogen and oxygen atoms in total. The fourth-order valence-corrected chi connectivity index (χ4v) is 6.00. The summed E-state index contributed by atoms with van der Waals surface area (Å²) in [6.07, 6.45) is 2.92. The lowest BCUT2D eigenvalue weighted by atomic mass is 10.2. The highest BCUT2D eigenvalue weighted by molar-refractivity contribution is 7.90. The van der Waals surface area contributed by atoms with Crippen molar-refractivity contribution in [3.8, 4) is 0 Å². The average molecular weight is 550 g/mol. The molecule has 3 aromatic rings. The van der Waals surface area contributed by atoms with Crippen molar-refractivity contribution in [2.24, 2.45) is 0 Å². The molecular formula is C26H29ClFN3O5S. The number of methoxy groups -OCH3 is 1. The maximum Gasteiger partial charge on any atom is 0.254 e. The van der Waals surface area contributed by atoms with Crippen LogP contribution in [0.2, 0.25) is 5.02 Å². The second-order valence-electron chi connectivity index (χ2n) is 8.86. The number of nitrogens with zero attached hydrogens (tertiary/aromatic N) is 3. The molecule has 0 spiro atoms. The first-order valence-corrected chi connectivity index (χ1v) is 14.0. The highest BCUT2D eigenvalue weighted by Crippen LogP contribution is 2.24. The predicted molar refractivity (Wildman–Crippen MR) is 137 cm³/mol. The van der Waals surface area contributed by atoms with Crippen LogP contribution in [-0.2, 0) is 38.2 Å². The van der Waals surface area contributed by atoms with Crippen molar-refractivity contribution in [2.45, 2.75) is 42.9 Å². The van der Waals surface area contributed by atoms with Crippen LogP contribution < -0.4 is 0 Å². The Morgan fingerprint density at radius 3 is 2.78 bits per heavy atom. The van der Waals surface area contributed by atoms with Gasteiger partial charge in [0.05, 0.1) is 43.4 Å². The molecule has 0 radical (unpaired) electrons. The number of carbonyl (C=O) groups excluding carboxylic acids is 1. The van der Waals surface area contributed by atoms with E-state index in [2.05, 4.69) is 4.98 Å². The first kappa shape index (κ1) is 27.3. The molecule has 11 heteroatoms. The minimum absolute atomic E-state index is 0.0635. The molecule has 4 rings (SSSR count). The van der Waals surface area contributed by atoms with E-state index in [9.17, 15) is 17.6 Å². The number of imidazole rings is 1. The van der Waals surface area contributed by atoms with Crippen molar-refractivity contribution >= 4 is 27.3 Å². The van der Waals surface area contributed by atoms with Crippen LogP contribution in [0.15, 0.2) is 59.9 Å². The van der Waals surface area contributed by atoms with Gasteiger partial charge in [-0.05, 0) is 37.1 Å². The number of amides is 1. The van der Waals surface area contributed by atoms with Gasteiger partial charge in [0.25, 0.3) is 5.91 Å². The molecule has 1 fully saturated rings. The summed E-state index contributed by atoms with van der Waals surface area (Å²) < 4.78 is 53.6. The highest BCUT2D eigenvalue weighted by Gasteiger charge is 2.29. The SMILES string of the molecule is COCCN(Cc1cnc(S(=O)(=O)Cc2ccccc2F)n1CC1CCCO1)C(=O)c1cccc(Cl)c1. The van der Waals surface area contributed by atoms with Gasteiger partial charge in [-0.25, -0.2) is 17.8 Å². The van der Waals surface area contributed by atoms with E-state index >= 15 is 0 Å². The van der Waals surface area contributed by atoms with Gasteiger partial charge < -0.3 is 18.9 Å². The normalized spacial score (nSPS) is 15.7. The summed E-state index contributed by atoms with van der Waals surface area (Å²) >= 11 is 6.09. The van der Waals surface area contributed by atoms with Gasteiger partial charge in [0.15, 0.2) is 0 Å². The molecule has 0 aliphatic carbocycles. The van der Waals surface area contributed by atoms with E-state index in [0.717, 1.165) is 12.8 Å². The first-order valence-electron chi connectivity index (χ1n) is 11.9. The molecule has 37 heavy (non-hydrogen) atoms. The van der Waals surface area contributed by atoms with Crippen LogP contribution in [0, 0.1) is 5.82 Å². The number of halogens is 2. The van der Waals surface area contributed by atoms with Crippen molar-refractivity contribution in [1.82, 2.24) is 14.5 Å². The molecule has 1 aliphatic heterocycles.